The second-order valence-corrected chi connectivity index (χ2v) is 7.95. The van der Waals surface area contributed by atoms with E-state index >= 15 is 0 Å². The Balaban J connectivity index is 1.72. The van der Waals surface area contributed by atoms with Crippen LogP contribution in [-0.2, 0) is 0 Å². The number of nitrogens with one attached hydrogen (secondary N) is 1. The first-order chi connectivity index (χ1) is 14.6. The van der Waals surface area contributed by atoms with Crippen LogP contribution in [0.25, 0.3) is 22.4 Å². The normalized spacial score (nSPS) is 19.1. The molecule has 0 atom stereocenters. The van der Waals surface area contributed by atoms with Crippen LogP contribution in [-0.4, -0.2) is 60.3 Å². The number of fused-ring (bicyclic) bond motifs is 1. The van der Waals surface area contributed by atoms with Crippen LogP contribution in [0.15, 0.2) is 36.5 Å². The van der Waals surface area contributed by atoms with Crippen LogP contribution >= 0.6 is 0 Å². The van der Waals surface area contributed by atoms with Gasteiger partial charge in [0.2, 0.25) is 0 Å². The van der Waals surface area contributed by atoms with E-state index in [2.05, 4.69) is 29.3 Å². The number of aromatic nitrogens is 3. The maximum Gasteiger partial charge on any atom is 0.163 e. The molecule has 2 aromatic heterocycles. The quantitative estimate of drug-likeness (QED) is 0.662. The molecule has 0 bridgehead atoms. The Morgan fingerprint density at radius 3 is 2.17 bits per heavy atom. The summed E-state index contributed by atoms with van der Waals surface area (Å²) in [4.78, 5) is 16.7. The fourth-order valence-electron chi connectivity index (χ4n) is 4.10. The van der Waals surface area contributed by atoms with E-state index in [4.69, 9.17) is 19.4 Å². The molecule has 0 amide bonds. The summed E-state index contributed by atoms with van der Waals surface area (Å²) in [6.45, 7) is 0. The molecule has 0 unspecified atom stereocenters. The van der Waals surface area contributed by atoms with Crippen LogP contribution in [0.2, 0.25) is 0 Å². The number of anilines is 1. The van der Waals surface area contributed by atoms with E-state index in [9.17, 15) is 0 Å². The molecule has 1 aromatic carbocycles. The Hall–Kier alpha value is -2.93. The van der Waals surface area contributed by atoms with Crippen molar-refractivity contribution in [3.63, 3.8) is 0 Å². The van der Waals surface area contributed by atoms with Crippen LogP contribution in [0.1, 0.15) is 25.7 Å². The van der Waals surface area contributed by atoms with Crippen molar-refractivity contribution < 1.29 is 9.47 Å². The first-order valence-electron chi connectivity index (χ1n) is 10.4. The minimum Gasteiger partial charge on any atom is -0.493 e. The van der Waals surface area contributed by atoms with E-state index in [1.54, 1.807) is 20.4 Å². The molecule has 0 saturated heterocycles. The number of hydrogen-bond acceptors (Lipinski definition) is 7. The maximum atomic E-state index is 5.45. The highest BCUT2D eigenvalue weighted by molar-refractivity contribution is 5.85. The molecular weight excluding hydrogens is 378 g/mol. The van der Waals surface area contributed by atoms with Crippen molar-refractivity contribution in [1.82, 2.24) is 19.9 Å². The first kappa shape index (κ1) is 20.3. The highest BCUT2D eigenvalue weighted by Crippen LogP contribution is 2.34. The number of nitrogens with zero attached hydrogens (tertiary/aromatic N) is 4. The number of methoxy groups -OCH3 is 2. The molecule has 2 heterocycles. The summed E-state index contributed by atoms with van der Waals surface area (Å²) in [7, 11) is 7.57. The van der Waals surface area contributed by atoms with Gasteiger partial charge in [0, 0.05) is 30.4 Å². The molecule has 0 aliphatic heterocycles. The molecule has 0 radical (unpaired) electrons. The first-order valence-corrected chi connectivity index (χ1v) is 10.4. The molecule has 1 fully saturated rings. The number of ether oxygens (including phenoxy) is 2. The fourth-order valence-corrected chi connectivity index (χ4v) is 4.10. The minimum absolute atomic E-state index is 0.371. The molecule has 1 aliphatic rings. The molecule has 7 nitrogen and oxygen atoms in total. The van der Waals surface area contributed by atoms with Crippen LogP contribution in [0.4, 0.5) is 5.82 Å². The minimum atomic E-state index is 0.371. The van der Waals surface area contributed by atoms with Gasteiger partial charge in [-0.25, -0.2) is 9.97 Å². The summed E-state index contributed by atoms with van der Waals surface area (Å²) >= 11 is 0. The Bertz CT molecular complexity index is 1000. The SMILES string of the molecule is COc1cc2nc(NC3CCC(N(C)C)CC3)c(-c3ccccn3)nc2cc1OC. The molecule has 4 rings (SSSR count). The number of benzene rings is 1. The molecule has 0 spiro atoms. The Morgan fingerprint density at radius 1 is 0.933 bits per heavy atom. The zero-order chi connectivity index (χ0) is 21.1. The van der Waals surface area contributed by atoms with E-state index in [0.29, 0.717) is 23.6 Å². The lowest BCUT2D eigenvalue weighted by Gasteiger charge is -2.33. The monoisotopic (exact) mass is 407 g/mol. The summed E-state index contributed by atoms with van der Waals surface area (Å²) < 4.78 is 10.9. The second kappa shape index (κ2) is 8.83. The highest BCUT2D eigenvalue weighted by atomic mass is 16.5. The van der Waals surface area contributed by atoms with Gasteiger partial charge < -0.3 is 19.7 Å². The summed E-state index contributed by atoms with van der Waals surface area (Å²) in [5, 5.41) is 3.66. The molecule has 1 N–H and O–H groups in total. The van der Waals surface area contributed by atoms with Gasteiger partial charge in [-0.3, -0.25) is 4.98 Å². The van der Waals surface area contributed by atoms with Gasteiger partial charge in [-0.15, -0.1) is 0 Å². The average Bonchev–Trinajstić information content (AvgIpc) is 2.78. The predicted molar refractivity (Wildman–Crippen MR) is 119 cm³/mol. The summed E-state index contributed by atoms with van der Waals surface area (Å²) in [5.74, 6) is 2.04. The summed E-state index contributed by atoms with van der Waals surface area (Å²) in [6, 6.07) is 10.6. The van der Waals surface area contributed by atoms with Gasteiger partial charge in [-0.2, -0.15) is 0 Å². The standard InChI is InChI=1S/C23H29N5O2/c1-28(2)16-10-8-15(9-11-16)25-23-22(17-7-5-6-12-24-17)26-18-13-20(29-3)21(30-4)14-19(18)27-23/h5-7,12-16H,8-11H2,1-4H3,(H,25,27). The third-order valence-corrected chi connectivity index (χ3v) is 5.84. The Labute approximate surface area is 177 Å². The fraction of sp³-hybridized carbons (Fsp3) is 0.435. The average molecular weight is 408 g/mol. The van der Waals surface area contributed by atoms with Crippen LogP contribution in [0.5, 0.6) is 11.5 Å². The number of hydrogen-bond donors (Lipinski definition) is 1. The van der Waals surface area contributed by atoms with Gasteiger partial charge in [0.05, 0.1) is 30.9 Å². The summed E-state index contributed by atoms with van der Waals surface area (Å²) in [5.41, 5.74) is 3.06. The van der Waals surface area contributed by atoms with Crippen molar-refractivity contribution in [3.05, 3.63) is 36.5 Å². The van der Waals surface area contributed by atoms with E-state index in [1.165, 1.54) is 12.8 Å². The number of rotatable bonds is 6. The van der Waals surface area contributed by atoms with E-state index < -0.39 is 0 Å². The maximum absolute atomic E-state index is 5.45. The van der Waals surface area contributed by atoms with E-state index in [0.717, 1.165) is 41.1 Å². The molecule has 7 heteroatoms. The van der Waals surface area contributed by atoms with E-state index in [1.807, 2.05) is 30.3 Å². The molecule has 158 valence electrons. The van der Waals surface area contributed by atoms with Crippen LogP contribution in [0.3, 0.4) is 0 Å². The molecule has 3 aromatic rings. The van der Waals surface area contributed by atoms with Gasteiger partial charge in [0.1, 0.15) is 5.69 Å². The summed E-state index contributed by atoms with van der Waals surface area (Å²) in [6.07, 6.45) is 6.35. The van der Waals surface area contributed by atoms with Gasteiger partial charge >= 0.3 is 0 Å². The van der Waals surface area contributed by atoms with E-state index in [-0.39, 0.29) is 0 Å². The van der Waals surface area contributed by atoms with Crippen molar-refractivity contribution in [1.29, 1.82) is 0 Å². The van der Waals surface area contributed by atoms with Crippen molar-refractivity contribution in [3.8, 4) is 22.9 Å². The topological polar surface area (TPSA) is 72.4 Å². The van der Waals surface area contributed by atoms with Crippen molar-refractivity contribution in [2.24, 2.45) is 0 Å². The van der Waals surface area contributed by atoms with Gasteiger partial charge in [-0.1, -0.05) is 6.07 Å². The van der Waals surface area contributed by atoms with Gasteiger partial charge in [0.15, 0.2) is 17.3 Å². The Kier molecular flexibility index (Phi) is 5.99. The second-order valence-electron chi connectivity index (χ2n) is 7.95. The van der Waals surface area contributed by atoms with Gasteiger partial charge in [0.25, 0.3) is 0 Å². The van der Waals surface area contributed by atoms with Crippen molar-refractivity contribution >= 4 is 16.9 Å². The molecule has 1 saturated carbocycles. The third kappa shape index (κ3) is 4.16. The lowest BCUT2D eigenvalue weighted by atomic mass is 9.90. The lowest BCUT2D eigenvalue weighted by molar-refractivity contribution is 0.221. The molecule has 1 aliphatic carbocycles. The smallest absolute Gasteiger partial charge is 0.163 e. The van der Waals surface area contributed by atoms with Crippen LogP contribution in [0, 0.1) is 0 Å². The zero-order valence-corrected chi connectivity index (χ0v) is 18.1. The highest BCUT2D eigenvalue weighted by Gasteiger charge is 2.24. The Morgan fingerprint density at radius 2 is 1.60 bits per heavy atom. The predicted octanol–water partition coefficient (Wildman–Crippen LogP) is 3.99. The number of pyridine rings is 1. The molecular formula is C23H29N5O2. The third-order valence-electron chi connectivity index (χ3n) is 5.84. The lowest BCUT2D eigenvalue weighted by Crippen LogP contribution is -2.36. The zero-order valence-electron chi connectivity index (χ0n) is 18.1. The van der Waals surface area contributed by atoms with Crippen molar-refractivity contribution in [2.45, 2.75) is 37.8 Å². The molecule has 30 heavy (non-hydrogen) atoms. The van der Waals surface area contributed by atoms with Crippen molar-refractivity contribution in [2.75, 3.05) is 33.6 Å². The van der Waals surface area contributed by atoms with Gasteiger partial charge in [-0.05, 0) is 51.9 Å². The van der Waals surface area contributed by atoms with Crippen LogP contribution < -0.4 is 14.8 Å². The largest absolute Gasteiger partial charge is 0.493 e.